The summed E-state index contributed by atoms with van der Waals surface area (Å²) >= 11 is 0. The normalized spacial score (nSPS) is 12.8. The second-order valence-corrected chi connectivity index (χ2v) is 6.18. The predicted octanol–water partition coefficient (Wildman–Crippen LogP) is 4.11. The van der Waals surface area contributed by atoms with Crippen molar-refractivity contribution in [2.24, 2.45) is 0 Å². The van der Waals surface area contributed by atoms with E-state index in [1.807, 2.05) is 68.4 Å². The molecule has 0 aliphatic rings. The molecule has 2 aromatic carbocycles. The molecule has 0 spiro atoms. The Bertz CT molecular complexity index is 731. The molecule has 2 unspecified atom stereocenters. The third-order valence-electron chi connectivity index (χ3n) is 4.23. The number of hydrogen-bond donors (Lipinski definition) is 2. The molecule has 0 radical (unpaired) electrons. The molecule has 2 rings (SSSR count). The summed E-state index contributed by atoms with van der Waals surface area (Å²) in [5, 5.41) is 5.76. The number of anilines is 1. The minimum atomic E-state index is -0.174. The van der Waals surface area contributed by atoms with Crippen LogP contribution >= 0.6 is 0 Å². The highest BCUT2D eigenvalue weighted by Crippen LogP contribution is 2.21. The lowest BCUT2D eigenvalue weighted by molar-refractivity contribution is -0.114. The number of carbonyl (C=O) groups is 2. The highest BCUT2D eigenvalue weighted by molar-refractivity contribution is 5.88. The molecule has 5 nitrogen and oxygen atoms in total. The molecule has 3 amide bonds. The standard InChI is InChI=1S/C20H25N3O2/c1-14(18-11-8-12-19(13-18)22-16(3)24)21-20(25)23(4)15(2)17-9-6-5-7-10-17/h5-15H,1-4H3,(H,21,25)(H,22,24). The maximum atomic E-state index is 12.5. The number of benzene rings is 2. The smallest absolute Gasteiger partial charge is 0.318 e. The predicted molar refractivity (Wildman–Crippen MR) is 100 cm³/mol. The lowest BCUT2D eigenvalue weighted by Crippen LogP contribution is -2.39. The molecule has 132 valence electrons. The van der Waals surface area contributed by atoms with Gasteiger partial charge >= 0.3 is 6.03 Å². The van der Waals surface area contributed by atoms with Crippen LogP contribution < -0.4 is 10.6 Å². The molecule has 2 N–H and O–H groups in total. The summed E-state index contributed by atoms with van der Waals surface area (Å²) in [6.45, 7) is 5.39. The summed E-state index contributed by atoms with van der Waals surface area (Å²) in [4.78, 5) is 25.4. The first kappa shape index (κ1) is 18.5. The van der Waals surface area contributed by atoms with Gasteiger partial charge in [0.05, 0.1) is 12.1 Å². The van der Waals surface area contributed by atoms with E-state index in [9.17, 15) is 9.59 Å². The Morgan fingerprint density at radius 3 is 2.24 bits per heavy atom. The molecule has 2 aromatic rings. The largest absolute Gasteiger partial charge is 0.331 e. The molecule has 0 aromatic heterocycles. The fourth-order valence-electron chi connectivity index (χ4n) is 2.59. The summed E-state index contributed by atoms with van der Waals surface area (Å²) < 4.78 is 0. The number of hydrogen-bond acceptors (Lipinski definition) is 2. The first-order chi connectivity index (χ1) is 11.9. The van der Waals surface area contributed by atoms with Crippen molar-refractivity contribution < 1.29 is 9.59 Å². The minimum absolute atomic E-state index is 0.0286. The molecule has 0 heterocycles. The second-order valence-electron chi connectivity index (χ2n) is 6.18. The second kappa shape index (κ2) is 8.33. The Balaban J connectivity index is 2.03. The van der Waals surface area contributed by atoms with E-state index < -0.39 is 0 Å². The van der Waals surface area contributed by atoms with Crippen LogP contribution in [0, 0.1) is 0 Å². The first-order valence-corrected chi connectivity index (χ1v) is 8.34. The Morgan fingerprint density at radius 2 is 1.60 bits per heavy atom. The van der Waals surface area contributed by atoms with Gasteiger partial charge in [-0.3, -0.25) is 4.79 Å². The van der Waals surface area contributed by atoms with E-state index in [0.717, 1.165) is 16.8 Å². The topological polar surface area (TPSA) is 61.4 Å². The summed E-state index contributed by atoms with van der Waals surface area (Å²) in [6.07, 6.45) is 0. The van der Waals surface area contributed by atoms with Gasteiger partial charge in [-0.1, -0.05) is 42.5 Å². The van der Waals surface area contributed by atoms with Gasteiger partial charge < -0.3 is 15.5 Å². The summed E-state index contributed by atoms with van der Waals surface area (Å²) in [5.41, 5.74) is 2.73. The minimum Gasteiger partial charge on any atom is -0.331 e. The molecule has 25 heavy (non-hydrogen) atoms. The fourth-order valence-corrected chi connectivity index (χ4v) is 2.59. The summed E-state index contributed by atoms with van der Waals surface area (Å²) in [7, 11) is 1.79. The van der Waals surface area contributed by atoms with Crippen LogP contribution in [0.1, 0.15) is 44.0 Å². The van der Waals surface area contributed by atoms with Gasteiger partial charge in [-0.2, -0.15) is 0 Å². The van der Waals surface area contributed by atoms with E-state index in [4.69, 9.17) is 0 Å². The van der Waals surface area contributed by atoms with Crippen LogP contribution in [0.15, 0.2) is 54.6 Å². The number of carbonyl (C=O) groups excluding carboxylic acids is 2. The van der Waals surface area contributed by atoms with Crippen LogP contribution in [0.5, 0.6) is 0 Å². The van der Waals surface area contributed by atoms with E-state index in [-0.39, 0.29) is 24.0 Å². The Morgan fingerprint density at radius 1 is 0.960 bits per heavy atom. The number of urea groups is 1. The summed E-state index contributed by atoms with van der Waals surface area (Å²) in [6, 6.07) is 17.0. The quantitative estimate of drug-likeness (QED) is 0.861. The lowest BCUT2D eigenvalue weighted by atomic mass is 10.1. The van der Waals surface area contributed by atoms with Crippen molar-refractivity contribution in [3.05, 3.63) is 65.7 Å². The number of nitrogens with one attached hydrogen (secondary N) is 2. The number of amides is 3. The highest BCUT2D eigenvalue weighted by atomic mass is 16.2. The van der Waals surface area contributed by atoms with Crippen LogP contribution in [0.25, 0.3) is 0 Å². The van der Waals surface area contributed by atoms with Gasteiger partial charge in [0.25, 0.3) is 0 Å². The molecule has 0 aliphatic heterocycles. The van der Waals surface area contributed by atoms with E-state index in [2.05, 4.69) is 10.6 Å². The Kier molecular flexibility index (Phi) is 6.17. The van der Waals surface area contributed by atoms with Gasteiger partial charge in [-0.25, -0.2) is 4.79 Å². The zero-order chi connectivity index (χ0) is 18.4. The third-order valence-corrected chi connectivity index (χ3v) is 4.23. The molecule has 0 aliphatic carbocycles. The van der Waals surface area contributed by atoms with Gasteiger partial charge in [0.2, 0.25) is 5.91 Å². The van der Waals surface area contributed by atoms with Crippen molar-refractivity contribution in [3.63, 3.8) is 0 Å². The average molecular weight is 339 g/mol. The van der Waals surface area contributed by atoms with Crippen LogP contribution in [-0.4, -0.2) is 23.9 Å². The van der Waals surface area contributed by atoms with Crippen LogP contribution in [0.3, 0.4) is 0 Å². The fraction of sp³-hybridized carbons (Fsp3) is 0.300. The van der Waals surface area contributed by atoms with E-state index in [1.165, 1.54) is 6.92 Å². The van der Waals surface area contributed by atoms with Gasteiger partial charge in [0, 0.05) is 19.7 Å². The molecule has 2 atom stereocenters. The monoisotopic (exact) mass is 339 g/mol. The van der Waals surface area contributed by atoms with E-state index >= 15 is 0 Å². The number of nitrogens with zero attached hydrogens (tertiary/aromatic N) is 1. The van der Waals surface area contributed by atoms with E-state index in [0.29, 0.717) is 0 Å². The number of rotatable bonds is 5. The zero-order valence-corrected chi connectivity index (χ0v) is 15.1. The van der Waals surface area contributed by atoms with Crippen LogP contribution in [0.2, 0.25) is 0 Å². The molecular weight excluding hydrogens is 314 g/mol. The van der Waals surface area contributed by atoms with Gasteiger partial charge in [-0.05, 0) is 37.1 Å². The molecular formula is C20H25N3O2. The van der Waals surface area contributed by atoms with Crippen molar-refractivity contribution in [1.29, 1.82) is 0 Å². The SMILES string of the molecule is CC(=O)Nc1cccc(C(C)NC(=O)N(C)C(C)c2ccccc2)c1. The summed E-state index contributed by atoms with van der Waals surface area (Å²) in [5.74, 6) is -0.120. The molecule has 0 saturated heterocycles. The highest BCUT2D eigenvalue weighted by Gasteiger charge is 2.19. The maximum absolute atomic E-state index is 12.5. The Labute approximate surface area is 149 Å². The zero-order valence-electron chi connectivity index (χ0n) is 15.1. The van der Waals surface area contributed by atoms with Crippen molar-refractivity contribution in [3.8, 4) is 0 Å². The molecule has 5 heteroatoms. The maximum Gasteiger partial charge on any atom is 0.318 e. The van der Waals surface area contributed by atoms with Crippen molar-refractivity contribution in [2.75, 3.05) is 12.4 Å². The Hall–Kier alpha value is -2.82. The molecule has 0 saturated carbocycles. The van der Waals surface area contributed by atoms with Crippen molar-refractivity contribution in [2.45, 2.75) is 32.9 Å². The average Bonchev–Trinajstić information content (AvgIpc) is 2.60. The van der Waals surface area contributed by atoms with Gasteiger partial charge in [0.1, 0.15) is 0 Å². The first-order valence-electron chi connectivity index (χ1n) is 8.34. The van der Waals surface area contributed by atoms with Crippen molar-refractivity contribution in [1.82, 2.24) is 10.2 Å². The van der Waals surface area contributed by atoms with Gasteiger partial charge in [-0.15, -0.1) is 0 Å². The molecule has 0 fully saturated rings. The van der Waals surface area contributed by atoms with Gasteiger partial charge in [0.15, 0.2) is 0 Å². The van der Waals surface area contributed by atoms with Crippen molar-refractivity contribution >= 4 is 17.6 Å². The van der Waals surface area contributed by atoms with Crippen LogP contribution in [-0.2, 0) is 4.79 Å². The lowest BCUT2D eigenvalue weighted by Gasteiger charge is -2.27. The third kappa shape index (κ3) is 5.08. The van der Waals surface area contributed by atoms with Crippen LogP contribution in [0.4, 0.5) is 10.5 Å². The van der Waals surface area contributed by atoms with E-state index in [1.54, 1.807) is 11.9 Å². The molecule has 0 bridgehead atoms.